The zero-order valence-electron chi connectivity index (χ0n) is 15.8. The van der Waals surface area contributed by atoms with Gasteiger partial charge in [0.1, 0.15) is 6.17 Å². The summed E-state index contributed by atoms with van der Waals surface area (Å²) in [7, 11) is -3.45. The third kappa shape index (κ3) is 2.95. The second-order valence-corrected chi connectivity index (χ2v) is 10.1. The SMILES string of the molecule is O=S(=O)(c1ccc2c(c1)N(C1CCCCC1)[C@@H]1CCCN21)N1CCOCC1. The van der Waals surface area contributed by atoms with Gasteiger partial charge in [0.05, 0.1) is 29.5 Å². The maximum absolute atomic E-state index is 13.2. The largest absolute Gasteiger partial charge is 0.379 e. The second kappa shape index (κ2) is 6.94. The summed E-state index contributed by atoms with van der Waals surface area (Å²) >= 11 is 0. The molecule has 0 aromatic heterocycles. The van der Waals surface area contributed by atoms with Crippen LogP contribution in [0.1, 0.15) is 44.9 Å². The van der Waals surface area contributed by atoms with Crippen LogP contribution in [0.3, 0.4) is 0 Å². The molecule has 3 aliphatic heterocycles. The van der Waals surface area contributed by atoms with Crippen molar-refractivity contribution in [2.45, 2.75) is 62.0 Å². The van der Waals surface area contributed by atoms with Crippen LogP contribution in [0.15, 0.2) is 23.1 Å². The maximum atomic E-state index is 13.2. The number of hydrogen-bond acceptors (Lipinski definition) is 5. The number of benzene rings is 1. The van der Waals surface area contributed by atoms with Crippen molar-refractivity contribution >= 4 is 21.4 Å². The predicted octanol–water partition coefficient (Wildman–Crippen LogP) is 2.79. The topological polar surface area (TPSA) is 53.1 Å². The first-order chi connectivity index (χ1) is 13.2. The first kappa shape index (κ1) is 17.8. The van der Waals surface area contributed by atoms with E-state index in [1.807, 2.05) is 18.2 Å². The number of rotatable bonds is 3. The van der Waals surface area contributed by atoms with Crippen molar-refractivity contribution in [3.8, 4) is 0 Å². The van der Waals surface area contributed by atoms with Crippen LogP contribution in [-0.2, 0) is 14.8 Å². The van der Waals surface area contributed by atoms with Crippen LogP contribution in [0.25, 0.3) is 0 Å². The van der Waals surface area contributed by atoms with Crippen molar-refractivity contribution in [1.82, 2.24) is 4.31 Å². The number of hydrogen-bond donors (Lipinski definition) is 0. The summed E-state index contributed by atoms with van der Waals surface area (Å²) in [6.07, 6.45) is 9.18. The highest BCUT2D eigenvalue weighted by Crippen LogP contribution is 2.47. The summed E-state index contributed by atoms with van der Waals surface area (Å²) in [5, 5.41) is 0. The lowest BCUT2D eigenvalue weighted by atomic mass is 9.93. The molecule has 0 unspecified atom stereocenters. The first-order valence-electron chi connectivity index (χ1n) is 10.4. The van der Waals surface area contributed by atoms with Gasteiger partial charge in [-0.1, -0.05) is 19.3 Å². The molecule has 4 aliphatic rings. The van der Waals surface area contributed by atoms with E-state index in [-0.39, 0.29) is 0 Å². The fraction of sp³-hybridized carbons (Fsp3) is 0.700. The molecule has 2 saturated heterocycles. The molecule has 3 heterocycles. The molecule has 0 N–H and O–H groups in total. The van der Waals surface area contributed by atoms with Crippen LogP contribution in [-0.4, -0.2) is 57.8 Å². The smallest absolute Gasteiger partial charge is 0.243 e. The van der Waals surface area contributed by atoms with Gasteiger partial charge in [0.25, 0.3) is 0 Å². The third-order valence-corrected chi connectivity index (χ3v) is 8.55. The van der Waals surface area contributed by atoms with Crippen LogP contribution >= 0.6 is 0 Å². The highest BCUT2D eigenvalue weighted by atomic mass is 32.2. The number of nitrogens with zero attached hydrogens (tertiary/aromatic N) is 3. The molecule has 5 rings (SSSR count). The van der Waals surface area contributed by atoms with E-state index >= 15 is 0 Å². The van der Waals surface area contributed by atoms with E-state index < -0.39 is 10.0 Å². The number of morpholine rings is 1. The monoisotopic (exact) mass is 391 g/mol. The van der Waals surface area contributed by atoms with Crippen molar-refractivity contribution in [1.29, 1.82) is 0 Å². The molecule has 27 heavy (non-hydrogen) atoms. The Balaban J connectivity index is 1.52. The molecular weight excluding hydrogens is 362 g/mol. The average Bonchev–Trinajstić information content (AvgIpc) is 3.29. The van der Waals surface area contributed by atoms with Gasteiger partial charge < -0.3 is 14.5 Å². The number of anilines is 2. The molecule has 7 heteroatoms. The second-order valence-electron chi connectivity index (χ2n) is 8.18. The van der Waals surface area contributed by atoms with Gasteiger partial charge in [0, 0.05) is 25.7 Å². The fourth-order valence-electron chi connectivity index (χ4n) is 5.33. The van der Waals surface area contributed by atoms with Crippen molar-refractivity contribution in [2.75, 3.05) is 42.6 Å². The quantitative estimate of drug-likeness (QED) is 0.793. The van der Waals surface area contributed by atoms with Crippen molar-refractivity contribution < 1.29 is 13.2 Å². The Hall–Kier alpha value is -1.31. The minimum atomic E-state index is -3.45. The van der Waals surface area contributed by atoms with Crippen LogP contribution in [0.2, 0.25) is 0 Å². The molecule has 3 fully saturated rings. The third-order valence-electron chi connectivity index (χ3n) is 6.65. The van der Waals surface area contributed by atoms with Crippen LogP contribution in [0.5, 0.6) is 0 Å². The van der Waals surface area contributed by atoms with E-state index in [2.05, 4.69) is 9.80 Å². The highest BCUT2D eigenvalue weighted by Gasteiger charge is 2.43. The molecule has 1 aliphatic carbocycles. The van der Waals surface area contributed by atoms with Crippen molar-refractivity contribution in [3.63, 3.8) is 0 Å². The lowest BCUT2D eigenvalue weighted by molar-refractivity contribution is 0.0730. The van der Waals surface area contributed by atoms with Crippen LogP contribution < -0.4 is 9.80 Å². The molecule has 1 aromatic carbocycles. The first-order valence-corrected chi connectivity index (χ1v) is 11.9. The molecule has 0 amide bonds. The minimum Gasteiger partial charge on any atom is -0.379 e. The number of sulfonamides is 1. The normalized spacial score (nSPS) is 27.0. The van der Waals surface area contributed by atoms with Gasteiger partial charge in [-0.3, -0.25) is 0 Å². The molecule has 1 atom stereocenters. The van der Waals surface area contributed by atoms with Crippen LogP contribution in [0, 0.1) is 0 Å². The summed E-state index contributed by atoms with van der Waals surface area (Å²) < 4.78 is 33.2. The van der Waals surface area contributed by atoms with E-state index in [1.165, 1.54) is 50.6 Å². The van der Waals surface area contributed by atoms with E-state index in [1.54, 1.807) is 4.31 Å². The maximum Gasteiger partial charge on any atom is 0.243 e. The molecule has 148 valence electrons. The van der Waals surface area contributed by atoms with E-state index in [9.17, 15) is 8.42 Å². The minimum absolute atomic E-state index is 0.421. The fourth-order valence-corrected chi connectivity index (χ4v) is 6.76. The lowest BCUT2D eigenvalue weighted by Crippen LogP contribution is -2.46. The molecule has 1 aromatic rings. The summed E-state index contributed by atoms with van der Waals surface area (Å²) in [4.78, 5) is 5.50. The number of fused-ring (bicyclic) bond motifs is 3. The standard InChI is InChI=1S/C20H29N3O3S/c24-27(25,21-11-13-26-14-12-21)17-8-9-18-19(15-17)23(16-5-2-1-3-6-16)20-7-4-10-22(18)20/h8-9,15-16,20H,1-7,10-14H2/t20-/m1/s1. The summed E-state index contributed by atoms with van der Waals surface area (Å²) in [5.41, 5.74) is 2.37. The predicted molar refractivity (Wildman–Crippen MR) is 106 cm³/mol. The van der Waals surface area contributed by atoms with Gasteiger partial charge in [-0.05, 0) is 43.9 Å². The lowest BCUT2D eigenvalue weighted by Gasteiger charge is -2.37. The van der Waals surface area contributed by atoms with Gasteiger partial charge >= 0.3 is 0 Å². The number of ether oxygens (including phenoxy) is 1. The Bertz CT molecular complexity index is 801. The van der Waals surface area contributed by atoms with Gasteiger partial charge in [-0.15, -0.1) is 0 Å². The van der Waals surface area contributed by atoms with Crippen LogP contribution in [0.4, 0.5) is 11.4 Å². The molecule has 0 radical (unpaired) electrons. The van der Waals surface area contributed by atoms with Gasteiger partial charge in [-0.25, -0.2) is 8.42 Å². The highest BCUT2D eigenvalue weighted by molar-refractivity contribution is 7.89. The Morgan fingerprint density at radius 3 is 2.44 bits per heavy atom. The van der Waals surface area contributed by atoms with E-state index in [0.717, 1.165) is 12.2 Å². The Labute approximate surface area is 162 Å². The molecule has 0 bridgehead atoms. The summed E-state index contributed by atoms with van der Waals surface area (Å²) in [6, 6.07) is 6.35. The van der Waals surface area contributed by atoms with Gasteiger partial charge in [-0.2, -0.15) is 4.31 Å². The zero-order chi connectivity index (χ0) is 18.4. The average molecular weight is 392 g/mol. The Morgan fingerprint density at radius 1 is 0.889 bits per heavy atom. The van der Waals surface area contributed by atoms with Gasteiger partial charge in [0.2, 0.25) is 10.0 Å². The van der Waals surface area contributed by atoms with Crippen molar-refractivity contribution in [2.24, 2.45) is 0 Å². The van der Waals surface area contributed by atoms with Gasteiger partial charge in [0.15, 0.2) is 0 Å². The molecular formula is C20H29N3O3S. The summed E-state index contributed by atoms with van der Waals surface area (Å²) in [5.74, 6) is 0. The molecule has 6 nitrogen and oxygen atoms in total. The Morgan fingerprint density at radius 2 is 1.67 bits per heavy atom. The van der Waals surface area contributed by atoms with E-state index in [4.69, 9.17) is 4.74 Å². The Kier molecular flexibility index (Phi) is 4.57. The molecule has 0 spiro atoms. The van der Waals surface area contributed by atoms with E-state index in [0.29, 0.717) is 43.4 Å². The molecule has 1 saturated carbocycles. The van der Waals surface area contributed by atoms with Crippen molar-refractivity contribution in [3.05, 3.63) is 18.2 Å². The summed E-state index contributed by atoms with van der Waals surface area (Å²) in [6.45, 7) is 2.93. The zero-order valence-corrected chi connectivity index (χ0v) is 16.7.